The number of nitrogens with one attached hydrogen (secondary N) is 1. The molecule has 0 unspecified atom stereocenters. The van der Waals surface area contributed by atoms with Gasteiger partial charge in [-0.25, -0.2) is 0 Å². The Kier molecular flexibility index (Phi) is 2.41. The Morgan fingerprint density at radius 2 is 2.27 bits per heavy atom. The lowest BCUT2D eigenvalue weighted by atomic mass is 10.1. The number of benzene rings is 1. The highest BCUT2D eigenvalue weighted by molar-refractivity contribution is 5.98. The van der Waals surface area contributed by atoms with E-state index in [-0.39, 0.29) is 11.7 Å². The van der Waals surface area contributed by atoms with Crippen molar-refractivity contribution in [3.8, 4) is 5.75 Å². The van der Waals surface area contributed by atoms with Crippen molar-refractivity contribution >= 4 is 17.4 Å². The first kappa shape index (κ1) is 9.71. The summed E-state index contributed by atoms with van der Waals surface area (Å²) in [6.45, 7) is 1.86. The van der Waals surface area contributed by atoms with Gasteiger partial charge in [0.2, 0.25) is 5.91 Å². The molecule has 0 atom stereocenters. The minimum atomic E-state index is -0.0885. The lowest BCUT2D eigenvalue weighted by Crippen LogP contribution is -2.10. The molecule has 0 saturated carbocycles. The summed E-state index contributed by atoms with van der Waals surface area (Å²) >= 11 is 0. The Morgan fingerprint density at radius 1 is 1.47 bits per heavy atom. The van der Waals surface area contributed by atoms with Crippen molar-refractivity contribution in [2.45, 2.75) is 13.3 Å². The van der Waals surface area contributed by atoms with Crippen molar-refractivity contribution in [1.82, 2.24) is 0 Å². The average molecular weight is 205 g/mol. The molecule has 1 amide bonds. The van der Waals surface area contributed by atoms with Crippen LogP contribution in [-0.4, -0.2) is 18.3 Å². The number of Topliss-reactive ketones (excluding diaryl/α,β-unsaturated/α-hetero) is 1. The van der Waals surface area contributed by atoms with E-state index >= 15 is 0 Å². The van der Waals surface area contributed by atoms with Crippen LogP contribution < -0.4 is 10.1 Å². The van der Waals surface area contributed by atoms with Crippen LogP contribution in [0.3, 0.4) is 0 Å². The Balaban J connectivity index is 2.41. The second-order valence-corrected chi connectivity index (χ2v) is 3.41. The molecule has 1 aliphatic rings. The van der Waals surface area contributed by atoms with Gasteiger partial charge in [-0.2, -0.15) is 0 Å². The fourth-order valence-electron chi connectivity index (χ4n) is 1.44. The first-order chi connectivity index (χ1) is 7.16. The van der Waals surface area contributed by atoms with Crippen LogP contribution in [-0.2, 0) is 4.79 Å². The number of rotatable bonds is 1. The molecular formula is C11H11NO3. The number of anilines is 1. The fraction of sp³-hybridized carbons (Fsp3) is 0.273. The number of fused-ring (bicyclic) bond motifs is 1. The molecule has 0 fully saturated rings. The summed E-state index contributed by atoms with van der Waals surface area (Å²) in [6.07, 6.45) is 0.337. The van der Waals surface area contributed by atoms with E-state index in [1.807, 2.05) is 0 Å². The van der Waals surface area contributed by atoms with E-state index < -0.39 is 0 Å². The molecule has 1 aromatic rings. The number of ether oxygens (including phenoxy) is 1. The molecule has 4 heteroatoms. The van der Waals surface area contributed by atoms with Gasteiger partial charge in [-0.05, 0) is 25.1 Å². The van der Waals surface area contributed by atoms with Gasteiger partial charge in [0, 0.05) is 5.56 Å². The third-order valence-electron chi connectivity index (χ3n) is 2.25. The van der Waals surface area contributed by atoms with E-state index in [0.29, 0.717) is 30.0 Å². The van der Waals surface area contributed by atoms with Crippen LogP contribution in [0, 0.1) is 0 Å². The first-order valence-corrected chi connectivity index (χ1v) is 4.74. The molecular weight excluding hydrogens is 194 g/mol. The summed E-state index contributed by atoms with van der Waals surface area (Å²) in [5, 5.41) is 2.70. The van der Waals surface area contributed by atoms with E-state index in [4.69, 9.17) is 4.74 Å². The molecule has 1 heterocycles. The quantitative estimate of drug-likeness (QED) is 0.708. The molecule has 1 N–H and O–H groups in total. The van der Waals surface area contributed by atoms with E-state index in [9.17, 15) is 9.59 Å². The number of hydrogen-bond acceptors (Lipinski definition) is 3. The van der Waals surface area contributed by atoms with E-state index in [1.165, 1.54) is 6.92 Å². The van der Waals surface area contributed by atoms with Crippen LogP contribution in [0.4, 0.5) is 5.69 Å². The number of amides is 1. The normalized spacial score (nSPS) is 14.6. The van der Waals surface area contributed by atoms with Crippen molar-refractivity contribution in [2.24, 2.45) is 0 Å². The second-order valence-electron chi connectivity index (χ2n) is 3.41. The predicted molar refractivity (Wildman–Crippen MR) is 55.2 cm³/mol. The molecule has 0 bridgehead atoms. The number of ketones is 1. The van der Waals surface area contributed by atoms with Crippen molar-refractivity contribution in [3.63, 3.8) is 0 Å². The number of hydrogen-bond donors (Lipinski definition) is 1. The summed E-state index contributed by atoms with van der Waals surface area (Å²) < 4.78 is 5.36. The van der Waals surface area contributed by atoms with Gasteiger partial charge in [0.05, 0.1) is 18.7 Å². The van der Waals surface area contributed by atoms with Crippen molar-refractivity contribution in [1.29, 1.82) is 0 Å². The number of carbonyl (C=O) groups is 2. The SMILES string of the molecule is CC(=O)c1ccc2c(c1)NC(=O)CCO2. The zero-order valence-electron chi connectivity index (χ0n) is 8.37. The van der Waals surface area contributed by atoms with Crippen molar-refractivity contribution in [3.05, 3.63) is 23.8 Å². The fourth-order valence-corrected chi connectivity index (χ4v) is 1.44. The topological polar surface area (TPSA) is 55.4 Å². The van der Waals surface area contributed by atoms with E-state index in [0.717, 1.165) is 0 Å². The van der Waals surface area contributed by atoms with Crippen LogP contribution in [0.2, 0.25) is 0 Å². The van der Waals surface area contributed by atoms with Crippen LogP contribution in [0.15, 0.2) is 18.2 Å². The zero-order chi connectivity index (χ0) is 10.8. The van der Waals surface area contributed by atoms with Gasteiger partial charge < -0.3 is 10.1 Å². The minimum Gasteiger partial charge on any atom is -0.491 e. The van der Waals surface area contributed by atoms with E-state index in [2.05, 4.69) is 5.32 Å². The van der Waals surface area contributed by atoms with E-state index in [1.54, 1.807) is 18.2 Å². The molecule has 0 aromatic heterocycles. The molecule has 0 radical (unpaired) electrons. The predicted octanol–water partition coefficient (Wildman–Crippen LogP) is 1.61. The molecule has 1 aromatic carbocycles. The van der Waals surface area contributed by atoms with Gasteiger partial charge in [-0.1, -0.05) is 0 Å². The average Bonchev–Trinajstić information content (AvgIpc) is 2.37. The highest BCUT2D eigenvalue weighted by atomic mass is 16.5. The summed E-state index contributed by atoms with van der Waals surface area (Å²) in [5.41, 5.74) is 1.14. The van der Waals surface area contributed by atoms with Crippen LogP contribution >= 0.6 is 0 Å². The van der Waals surface area contributed by atoms with Crippen molar-refractivity contribution in [2.75, 3.05) is 11.9 Å². The smallest absolute Gasteiger partial charge is 0.227 e. The highest BCUT2D eigenvalue weighted by Crippen LogP contribution is 2.28. The monoisotopic (exact) mass is 205 g/mol. The van der Waals surface area contributed by atoms with Gasteiger partial charge >= 0.3 is 0 Å². The molecule has 1 aliphatic heterocycles. The van der Waals surface area contributed by atoms with Gasteiger partial charge in [-0.15, -0.1) is 0 Å². The standard InChI is InChI=1S/C11H11NO3/c1-7(13)8-2-3-10-9(6-8)12-11(14)4-5-15-10/h2-3,6H,4-5H2,1H3,(H,12,14). The maximum Gasteiger partial charge on any atom is 0.227 e. The Labute approximate surface area is 87.2 Å². The summed E-state index contributed by atoms with van der Waals surface area (Å²) in [6, 6.07) is 5.04. The molecule has 15 heavy (non-hydrogen) atoms. The largest absolute Gasteiger partial charge is 0.491 e. The molecule has 0 saturated heterocycles. The molecule has 2 rings (SSSR count). The van der Waals surface area contributed by atoms with Gasteiger partial charge in [0.1, 0.15) is 5.75 Å². The summed E-state index contributed by atoms with van der Waals surface area (Å²) in [5.74, 6) is 0.497. The van der Waals surface area contributed by atoms with Gasteiger partial charge in [0.15, 0.2) is 5.78 Å². The molecule has 78 valence electrons. The Hall–Kier alpha value is -1.84. The lowest BCUT2D eigenvalue weighted by Gasteiger charge is -2.07. The Bertz CT molecular complexity index is 426. The zero-order valence-corrected chi connectivity index (χ0v) is 8.37. The van der Waals surface area contributed by atoms with Crippen molar-refractivity contribution < 1.29 is 14.3 Å². The molecule has 4 nitrogen and oxygen atoms in total. The third-order valence-corrected chi connectivity index (χ3v) is 2.25. The van der Waals surface area contributed by atoms with Gasteiger partial charge in [0.25, 0.3) is 0 Å². The number of carbonyl (C=O) groups excluding carboxylic acids is 2. The molecule has 0 aliphatic carbocycles. The maximum atomic E-state index is 11.3. The van der Waals surface area contributed by atoms with Crippen LogP contribution in [0.1, 0.15) is 23.7 Å². The van der Waals surface area contributed by atoms with Crippen LogP contribution in [0.5, 0.6) is 5.75 Å². The molecule has 0 spiro atoms. The van der Waals surface area contributed by atoms with Gasteiger partial charge in [-0.3, -0.25) is 9.59 Å². The maximum absolute atomic E-state index is 11.3. The Morgan fingerprint density at radius 3 is 3.00 bits per heavy atom. The highest BCUT2D eigenvalue weighted by Gasteiger charge is 2.14. The first-order valence-electron chi connectivity index (χ1n) is 4.74. The van der Waals surface area contributed by atoms with Crippen LogP contribution in [0.25, 0.3) is 0 Å². The third kappa shape index (κ3) is 1.98. The minimum absolute atomic E-state index is 0.0312. The summed E-state index contributed by atoms with van der Waals surface area (Å²) in [7, 11) is 0. The lowest BCUT2D eigenvalue weighted by molar-refractivity contribution is -0.116. The second kappa shape index (κ2) is 3.73. The summed E-state index contributed by atoms with van der Waals surface area (Å²) in [4.78, 5) is 22.4.